The van der Waals surface area contributed by atoms with Crippen molar-refractivity contribution in [1.82, 2.24) is 34.5 Å². The van der Waals surface area contributed by atoms with Crippen LogP contribution >= 0.6 is 0 Å². The fraction of sp³-hybridized carbons (Fsp3) is 0.500. The van der Waals surface area contributed by atoms with Crippen molar-refractivity contribution in [1.29, 1.82) is 0 Å². The Balaban J connectivity index is 0.853. The molecule has 4 aliphatic heterocycles. The average Bonchev–Trinajstić information content (AvgIpc) is 3.74. The second-order valence-corrected chi connectivity index (χ2v) is 15.0. The lowest BCUT2D eigenvalue weighted by molar-refractivity contribution is -0.135. The Morgan fingerprint density at radius 1 is 0.887 bits per heavy atom. The Morgan fingerprint density at radius 2 is 1.66 bits per heavy atom. The summed E-state index contributed by atoms with van der Waals surface area (Å²) in [5.74, 6) is 0.503. The van der Waals surface area contributed by atoms with E-state index < -0.39 is 17.9 Å². The first-order chi connectivity index (χ1) is 25.7. The number of anilines is 4. The van der Waals surface area contributed by atoms with Crippen molar-refractivity contribution in [2.24, 2.45) is 18.7 Å². The summed E-state index contributed by atoms with van der Waals surface area (Å²) >= 11 is 0. The minimum atomic E-state index is -0.685. The summed E-state index contributed by atoms with van der Waals surface area (Å²) < 4.78 is 3.14. The van der Waals surface area contributed by atoms with Gasteiger partial charge in [-0.3, -0.25) is 28.8 Å². The number of nitrogens with two attached hydrogens (primary N) is 1. The predicted molar refractivity (Wildman–Crippen MR) is 201 cm³/mol. The molecule has 8 rings (SSSR count). The van der Waals surface area contributed by atoms with E-state index in [2.05, 4.69) is 58.7 Å². The van der Waals surface area contributed by atoms with E-state index in [0.717, 1.165) is 94.8 Å². The van der Waals surface area contributed by atoms with Crippen molar-refractivity contribution in [2.45, 2.75) is 63.3 Å². The van der Waals surface area contributed by atoms with E-state index in [9.17, 15) is 19.2 Å². The van der Waals surface area contributed by atoms with Crippen molar-refractivity contribution >= 4 is 51.9 Å². The first kappa shape index (κ1) is 34.8. The van der Waals surface area contributed by atoms with Crippen molar-refractivity contribution in [3.63, 3.8) is 0 Å². The van der Waals surface area contributed by atoms with Gasteiger partial charge in [-0.05, 0) is 106 Å². The number of benzene rings is 2. The zero-order valence-electron chi connectivity index (χ0n) is 30.2. The molecule has 0 bridgehead atoms. The van der Waals surface area contributed by atoms with Crippen molar-refractivity contribution in [2.75, 3.05) is 60.9 Å². The number of nitrogens with one attached hydrogen (secondary N) is 2. The zero-order chi connectivity index (χ0) is 36.6. The van der Waals surface area contributed by atoms with E-state index in [0.29, 0.717) is 35.5 Å². The van der Waals surface area contributed by atoms with Gasteiger partial charge in [0.25, 0.3) is 5.91 Å². The Morgan fingerprint density at radius 3 is 2.40 bits per heavy atom. The number of carbonyl (C=O) groups excluding carboxylic acids is 3. The number of likely N-dealkylation sites (tertiary alicyclic amines) is 1. The number of aromatic nitrogens is 5. The van der Waals surface area contributed by atoms with Crippen LogP contribution in [-0.4, -0.2) is 92.8 Å². The number of piperidine rings is 3. The number of hydrogen-bond acceptors (Lipinski definition) is 11. The summed E-state index contributed by atoms with van der Waals surface area (Å²) in [5.41, 5.74) is 10.1. The smallest absolute Gasteiger partial charge is 0.329 e. The van der Waals surface area contributed by atoms with E-state index in [4.69, 9.17) is 5.73 Å². The number of fused-ring (bicyclic) bond motifs is 1. The molecule has 15 nitrogen and oxygen atoms in total. The summed E-state index contributed by atoms with van der Waals surface area (Å²) in [6.45, 7) is 6.83. The molecule has 4 aliphatic rings. The Bertz CT molecular complexity index is 2080. The number of carbonyl (C=O) groups is 3. The lowest BCUT2D eigenvalue weighted by Gasteiger charge is -2.34. The van der Waals surface area contributed by atoms with E-state index >= 15 is 0 Å². The van der Waals surface area contributed by atoms with Gasteiger partial charge in [0.05, 0.1) is 11.0 Å². The van der Waals surface area contributed by atoms with E-state index in [1.807, 2.05) is 24.3 Å². The molecule has 3 amide bonds. The first-order valence-electron chi connectivity index (χ1n) is 18.9. The molecule has 2 atom stereocenters. The van der Waals surface area contributed by atoms with Gasteiger partial charge in [0, 0.05) is 57.6 Å². The van der Waals surface area contributed by atoms with E-state index in [1.165, 1.54) is 16.6 Å². The highest BCUT2D eigenvalue weighted by Gasteiger charge is 2.32. The third-order valence-electron chi connectivity index (χ3n) is 11.5. The normalized spacial score (nSPS) is 21.7. The van der Waals surface area contributed by atoms with Crippen LogP contribution < -0.4 is 31.9 Å². The average molecular weight is 722 g/mol. The van der Waals surface area contributed by atoms with E-state index in [1.54, 1.807) is 11.6 Å². The lowest BCUT2D eigenvalue weighted by Crippen LogP contribution is -2.44. The summed E-state index contributed by atoms with van der Waals surface area (Å²) in [6.07, 6.45) is 7.21. The standard InChI is InChI=1S/C38H47N11O4/c1-45-31-21-28(9-10-29(31)49(38(45)53)30-11-12-32(50)41-36(30)52)48-20-13-24(23-48)22-46-18-14-26(15-19-46)25-5-7-27(8-6-25)40-35-33(34(39)51)43-44-37(42-35)47-16-3-2-4-17-47/h5-10,21,24,26,30H,2-4,11-20,22-23H2,1H3,(H2,39,51)(H,40,42,44)(H,41,50,52). The number of aryl methyl sites for hydroxylation is 1. The molecule has 4 N–H and O–H groups in total. The van der Waals surface area contributed by atoms with Crippen LogP contribution in [0.3, 0.4) is 0 Å². The SMILES string of the molecule is Cn1c(=O)n(C2CCC(=O)NC2=O)c2ccc(N3CCC(CN4CCC(c5ccc(Nc6nc(N7CCCCC7)nnc6C(N)=O)cc5)CC4)C3)cc21. The van der Waals surface area contributed by atoms with Gasteiger partial charge in [-0.1, -0.05) is 12.1 Å². The molecule has 4 saturated heterocycles. The highest BCUT2D eigenvalue weighted by molar-refractivity contribution is 6.00. The van der Waals surface area contributed by atoms with Gasteiger partial charge in [-0.15, -0.1) is 10.2 Å². The number of rotatable bonds is 9. The lowest BCUT2D eigenvalue weighted by atomic mass is 9.89. The molecule has 15 heteroatoms. The van der Waals surface area contributed by atoms with Crippen LogP contribution in [0.2, 0.25) is 0 Å². The molecule has 278 valence electrons. The molecule has 2 unspecified atom stereocenters. The minimum Gasteiger partial charge on any atom is -0.371 e. The molecule has 0 aliphatic carbocycles. The fourth-order valence-corrected chi connectivity index (χ4v) is 8.58. The minimum absolute atomic E-state index is 0.0299. The molecule has 0 spiro atoms. The summed E-state index contributed by atoms with van der Waals surface area (Å²) in [7, 11) is 1.74. The highest BCUT2D eigenvalue weighted by atomic mass is 16.2. The van der Waals surface area contributed by atoms with Crippen LogP contribution in [0.1, 0.15) is 79.4 Å². The van der Waals surface area contributed by atoms with Crippen LogP contribution in [0.25, 0.3) is 11.0 Å². The number of imide groups is 1. The van der Waals surface area contributed by atoms with Gasteiger partial charge in [-0.25, -0.2) is 4.79 Å². The molecular weight excluding hydrogens is 674 g/mol. The number of amides is 3. The van der Waals surface area contributed by atoms with Crippen molar-refractivity contribution in [3.8, 4) is 0 Å². The Kier molecular flexibility index (Phi) is 9.58. The maximum Gasteiger partial charge on any atom is 0.329 e. The molecule has 2 aromatic carbocycles. The Hall–Kier alpha value is -5.31. The van der Waals surface area contributed by atoms with Crippen LogP contribution in [0.4, 0.5) is 23.1 Å². The summed E-state index contributed by atoms with van der Waals surface area (Å²) in [6, 6.07) is 13.7. The summed E-state index contributed by atoms with van der Waals surface area (Å²) in [4.78, 5) is 61.3. The van der Waals surface area contributed by atoms with Gasteiger partial charge in [-0.2, -0.15) is 4.98 Å². The second-order valence-electron chi connectivity index (χ2n) is 15.0. The Labute approximate surface area is 307 Å². The third kappa shape index (κ3) is 7.09. The summed E-state index contributed by atoms with van der Waals surface area (Å²) in [5, 5.41) is 13.9. The number of imidazole rings is 1. The van der Waals surface area contributed by atoms with E-state index in [-0.39, 0.29) is 23.7 Å². The third-order valence-corrected chi connectivity index (χ3v) is 11.5. The maximum atomic E-state index is 13.2. The van der Waals surface area contributed by atoms with Crippen molar-refractivity contribution < 1.29 is 14.4 Å². The van der Waals surface area contributed by atoms with Crippen LogP contribution in [-0.2, 0) is 16.6 Å². The van der Waals surface area contributed by atoms with Gasteiger partial charge >= 0.3 is 5.69 Å². The van der Waals surface area contributed by atoms with Gasteiger partial charge < -0.3 is 25.8 Å². The molecule has 2 aromatic heterocycles. The molecule has 0 radical (unpaired) electrons. The molecular formula is C38H47N11O4. The van der Waals surface area contributed by atoms with Gasteiger partial charge in [0.2, 0.25) is 17.8 Å². The van der Waals surface area contributed by atoms with Gasteiger partial charge in [0.1, 0.15) is 6.04 Å². The number of primary amides is 1. The maximum absolute atomic E-state index is 13.2. The van der Waals surface area contributed by atoms with Gasteiger partial charge in [0.15, 0.2) is 11.5 Å². The number of nitrogens with zero attached hydrogens (tertiary/aromatic N) is 8. The van der Waals surface area contributed by atoms with Crippen molar-refractivity contribution in [3.05, 3.63) is 64.2 Å². The number of hydrogen-bond donors (Lipinski definition) is 3. The first-order valence-corrected chi connectivity index (χ1v) is 18.9. The van der Waals surface area contributed by atoms with Crippen LogP contribution in [0.15, 0.2) is 47.3 Å². The van der Waals surface area contributed by atoms with Crippen LogP contribution in [0.5, 0.6) is 0 Å². The van der Waals surface area contributed by atoms with Crippen LogP contribution in [0, 0.1) is 5.92 Å². The topological polar surface area (TPSA) is 177 Å². The molecule has 4 aromatic rings. The zero-order valence-corrected chi connectivity index (χ0v) is 30.2. The quantitative estimate of drug-likeness (QED) is 0.217. The largest absolute Gasteiger partial charge is 0.371 e. The molecule has 6 heterocycles. The second kappa shape index (κ2) is 14.6. The highest BCUT2D eigenvalue weighted by Crippen LogP contribution is 2.33. The molecule has 0 saturated carbocycles. The monoisotopic (exact) mass is 721 g/mol. The molecule has 4 fully saturated rings. The molecule has 53 heavy (non-hydrogen) atoms. The predicted octanol–water partition coefficient (Wildman–Crippen LogP) is 3.04. The fourth-order valence-electron chi connectivity index (χ4n) is 8.58.